The van der Waals surface area contributed by atoms with Gasteiger partial charge in [0.15, 0.2) is 0 Å². The Balaban J connectivity index is 2.73. The van der Waals surface area contributed by atoms with Gasteiger partial charge in [-0.1, -0.05) is 24.6 Å². The number of nitrogens with zero attached hydrogens (tertiary/aromatic N) is 1. The monoisotopic (exact) mass is 135 g/mol. The van der Waals surface area contributed by atoms with E-state index in [1.807, 2.05) is 12.3 Å². The van der Waals surface area contributed by atoms with Gasteiger partial charge < -0.3 is 0 Å². The zero-order chi connectivity index (χ0) is 7.40. The van der Waals surface area contributed by atoms with Gasteiger partial charge in [0.2, 0.25) is 0 Å². The molecule has 10 heavy (non-hydrogen) atoms. The summed E-state index contributed by atoms with van der Waals surface area (Å²) in [6, 6.07) is 0. The number of aliphatic imine (C=N–C) groups is 1. The Bertz CT molecular complexity index is 187. The van der Waals surface area contributed by atoms with Crippen molar-refractivity contribution in [3.8, 4) is 0 Å². The Hall–Kier alpha value is -0.850. The van der Waals surface area contributed by atoms with E-state index in [9.17, 15) is 0 Å². The summed E-state index contributed by atoms with van der Waals surface area (Å²) in [5, 5.41) is 0. The molecule has 1 nitrogen and oxygen atoms in total. The van der Waals surface area contributed by atoms with Gasteiger partial charge in [0.1, 0.15) is 0 Å². The molecule has 0 aliphatic carbocycles. The lowest BCUT2D eigenvalue weighted by molar-refractivity contribution is 0.911. The third kappa shape index (κ3) is 2.18. The van der Waals surface area contributed by atoms with Gasteiger partial charge in [-0.05, 0) is 18.9 Å². The standard InChI is InChI=1S/C9H13N/c1-8-4-3-5-10-7-9(2)6-8/h3-6,8H,7H2,1-2H3/b4-3-,9-6-,10-5?. The molecule has 0 aromatic rings. The van der Waals surface area contributed by atoms with Crippen LogP contribution in [-0.2, 0) is 0 Å². The summed E-state index contributed by atoms with van der Waals surface area (Å²) in [5.41, 5.74) is 1.35. The Labute approximate surface area is 62.2 Å². The second-order valence-corrected chi connectivity index (χ2v) is 2.75. The van der Waals surface area contributed by atoms with Crippen LogP contribution >= 0.6 is 0 Å². The van der Waals surface area contributed by atoms with Crippen molar-refractivity contribution >= 4 is 6.21 Å². The van der Waals surface area contributed by atoms with Crippen molar-refractivity contribution in [2.75, 3.05) is 6.54 Å². The van der Waals surface area contributed by atoms with Crippen molar-refractivity contribution in [1.29, 1.82) is 0 Å². The largest absolute Gasteiger partial charge is 0.289 e. The first-order valence-electron chi connectivity index (χ1n) is 3.63. The smallest absolute Gasteiger partial charge is 0.0597 e. The third-order valence-electron chi connectivity index (χ3n) is 1.49. The maximum atomic E-state index is 4.17. The summed E-state index contributed by atoms with van der Waals surface area (Å²) in [7, 11) is 0. The fourth-order valence-electron chi connectivity index (χ4n) is 1.04. The zero-order valence-corrected chi connectivity index (χ0v) is 6.54. The molecule has 54 valence electrons. The molecule has 0 bridgehead atoms. The van der Waals surface area contributed by atoms with Crippen molar-refractivity contribution in [3.05, 3.63) is 23.8 Å². The molecular weight excluding hydrogens is 122 g/mol. The summed E-state index contributed by atoms with van der Waals surface area (Å²) in [5.74, 6) is 0.562. The van der Waals surface area contributed by atoms with Gasteiger partial charge >= 0.3 is 0 Å². The summed E-state index contributed by atoms with van der Waals surface area (Å²) in [4.78, 5) is 4.17. The minimum Gasteiger partial charge on any atom is -0.289 e. The molecule has 1 aliphatic heterocycles. The SMILES string of the molecule is C/C1=C/C(C)/C=C\C=NC1. The van der Waals surface area contributed by atoms with Crippen molar-refractivity contribution in [1.82, 2.24) is 0 Å². The summed E-state index contributed by atoms with van der Waals surface area (Å²) in [6.07, 6.45) is 8.26. The molecule has 0 radical (unpaired) electrons. The summed E-state index contributed by atoms with van der Waals surface area (Å²) in [6.45, 7) is 5.15. The van der Waals surface area contributed by atoms with Crippen LogP contribution in [0.3, 0.4) is 0 Å². The van der Waals surface area contributed by atoms with Gasteiger partial charge in [0, 0.05) is 6.21 Å². The summed E-state index contributed by atoms with van der Waals surface area (Å²) >= 11 is 0. The minimum atomic E-state index is 0.562. The second-order valence-electron chi connectivity index (χ2n) is 2.75. The van der Waals surface area contributed by atoms with E-state index in [1.54, 1.807) is 0 Å². The molecule has 0 N–H and O–H groups in total. The van der Waals surface area contributed by atoms with Crippen molar-refractivity contribution in [2.45, 2.75) is 13.8 Å². The normalized spacial score (nSPS) is 33.8. The lowest BCUT2D eigenvalue weighted by Gasteiger charge is -2.02. The molecule has 0 saturated heterocycles. The van der Waals surface area contributed by atoms with Crippen molar-refractivity contribution < 1.29 is 0 Å². The summed E-state index contributed by atoms with van der Waals surface area (Å²) < 4.78 is 0. The molecule has 1 aliphatic rings. The topological polar surface area (TPSA) is 12.4 Å². The van der Waals surface area contributed by atoms with Crippen LogP contribution in [0.15, 0.2) is 28.8 Å². The van der Waals surface area contributed by atoms with Crippen LogP contribution in [0.5, 0.6) is 0 Å². The first-order chi connectivity index (χ1) is 4.79. The predicted octanol–water partition coefficient (Wildman–Crippen LogP) is 2.21. The molecule has 0 spiro atoms. The molecule has 0 aromatic heterocycles. The van der Waals surface area contributed by atoms with Gasteiger partial charge in [-0.2, -0.15) is 0 Å². The molecule has 0 amide bonds. The van der Waals surface area contributed by atoms with Crippen LogP contribution in [0.2, 0.25) is 0 Å². The van der Waals surface area contributed by atoms with Gasteiger partial charge in [-0.25, -0.2) is 0 Å². The highest BCUT2D eigenvalue weighted by Crippen LogP contribution is 2.06. The highest BCUT2D eigenvalue weighted by molar-refractivity contribution is 5.71. The molecule has 1 heteroatoms. The van der Waals surface area contributed by atoms with E-state index in [2.05, 4.69) is 31.0 Å². The van der Waals surface area contributed by atoms with Crippen LogP contribution in [0.1, 0.15) is 13.8 Å². The van der Waals surface area contributed by atoms with Crippen molar-refractivity contribution in [2.24, 2.45) is 10.9 Å². The zero-order valence-electron chi connectivity index (χ0n) is 6.54. The highest BCUT2D eigenvalue weighted by Gasteiger charge is 1.94. The van der Waals surface area contributed by atoms with E-state index in [-0.39, 0.29) is 0 Å². The lowest BCUT2D eigenvalue weighted by Crippen LogP contribution is -1.92. The van der Waals surface area contributed by atoms with Crippen molar-refractivity contribution in [3.63, 3.8) is 0 Å². The molecule has 0 saturated carbocycles. The average Bonchev–Trinajstić information content (AvgIpc) is 1.83. The molecule has 0 aromatic carbocycles. The second kappa shape index (κ2) is 3.35. The van der Waals surface area contributed by atoms with Gasteiger partial charge in [-0.15, -0.1) is 0 Å². The predicted molar refractivity (Wildman–Crippen MR) is 45.4 cm³/mol. The molecule has 1 unspecified atom stereocenters. The maximum Gasteiger partial charge on any atom is 0.0597 e. The minimum absolute atomic E-state index is 0.562. The quantitative estimate of drug-likeness (QED) is 0.451. The van der Waals surface area contributed by atoms with Crippen LogP contribution in [-0.4, -0.2) is 12.8 Å². The van der Waals surface area contributed by atoms with Crippen LogP contribution in [0.4, 0.5) is 0 Å². The Kier molecular flexibility index (Phi) is 2.43. The van der Waals surface area contributed by atoms with E-state index in [1.165, 1.54) is 5.57 Å². The first-order valence-corrected chi connectivity index (χ1v) is 3.63. The molecule has 1 rings (SSSR count). The van der Waals surface area contributed by atoms with Gasteiger partial charge in [0.25, 0.3) is 0 Å². The van der Waals surface area contributed by atoms with E-state index in [0.717, 1.165) is 6.54 Å². The van der Waals surface area contributed by atoms with E-state index < -0.39 is 0 Å². The molecular formula is C9H13N. The van der Waals surface area contributed by atoms with Gasteiger partial charge in [0.05, 0.1) is 6.54 Å². The van der Waals surface area contributed by atoms with Gasteiger partial charge in [-0.3, -0.25) is 4.99 Å². The molecule has 1 atom stereocenters. The fourth-order valence-corrected chi connectivity index (χ4v) is 1.04. The first kappa shape index (κ1) is 7.26. The number of allylic oxidation sites excluding steroid dienone is 3. The number of rotatable bonds is 0. The highest BCUT2D eigenvalue weighted by atomic mass is 14.7. The molecule has 1 heterocycles. The van der Waals surface area contributed by atoms with Crippen LogP contribution in [0, 0.1) is 5.92 Å². The Morgan fingerprint density at radius 3 is 3.20 bits per heavy atom. The van der Waals surface area contributed by atoms with E-state index >= 15 is 0 Å². The van der Waals surface area contributed by atoms with Crippen LogP contribution in [0.25, 0.3) is 0 Å². The van der Waals surface area contributed by atoms with Crippen LogP contribution < -0.4 is 0 Å². The lowest BCUT2D eigenvalue weighted by atomic mass is 10.1. The Morgan fingerprint density at radius 2 is 2.40 bits per heavy atom. The van der Waals surface area contributed by atoms with E-state index in [4.69, 9.17) is 0 Å². The number of hydrogen-bond donors (Lipinski definition) is 0. The average molecular weight is 135 g/mol. The maximum absolute atomic E-state index is 4.17. The molecule has 0 fully saturated rings. The number of hydrogen-bond acceptors (Lipinski definition) is 1. The Morgan fingerprint density at radius 1 is 1.60 bits per heavy atom. The fraction of sp³-hybridized carbons (Fsp3) is 0.444. The third-order valence-corrected chi connectivity index (χ3v) is 1.49. The van der Waals surface area contributed by atoms with E-state index in [0.29, 0.717) is 5.92 Å².